The van der Waals surface area contributed by atoms with Crippen LogP contribution in [-0.2, 0) is 0 Å². The number of hydrogen-bond donors (Lipinski definition) is 1. The van der Waals surface area contributed by atoms with Crippen molar-refractivity contribution < 1.29 is 9.72 Å². The summed E-state index contributed by atoms with van der Waals surface area (Å²) in [4.78, 5) is 27.4. The highest BCUT2D eigenvalue weighted by Crippen LogP contribution is 2.27. The number of aromatic amines is 1. The van der Waals surface area contributed by atoms with Crippen LogP contribution >= 0.6 is 11.3 Å². The number of carbonyl (C=O) groups is 1. The van der Waals surface area contributed by atoms with Crippen molar-refractivity contribution in [3.63, 3.8) is 0 Å². The number of aromatic nitrogens is 1. The quantitative estimate of drug-likeness (QED) is 0.453. The number of thiophene rings is 1. The Kier molecular flexibility index (Phi) is 2.87. The van der Waals surface area contributed by atoms with Crippen LogP contribution in [0.2, 0.25) is 0 Å². The van der Waals surface area contributed by atoms with Crippen LogP contribution in [0.4, 0.5) is 5.69 Å². The normalized spacial score (nSPS) is 10.8. The Morgan fingerprint density at radius 3 is 2.75 bits per heavy atom. The maximum atomic E-state index is 12.4. The van der Waals surface area contributed by atoms with Crippen LogP contribution in [-0.4, -0.2) is 15.7 Å². The average molecular weight is 286 g/mol. The Labute approximate surface area is 118 Å². The van der Waals surface area contributed by atoms with Crippen molar-refractivity contribution in [3.05, 3.63) is 62.0 Å². The number of fused-ring (bicyclic) bond motifs is 1. The molecule has 0 saturated carbocycles. The number of carbonyl (C=O) groups excluding carboxylic acids is 1. The highest BCUT2D eigenvalue weighted by atomic mass is 32.1. The van der Waals surface area contributed by atoms with Gasteiger partial charge >= 0.3 is 0 Å². The van der Waals surface area contributed by atoms with Crippen LogP contribution in [0.3, 0.4) is 0 Å². The monoisotopic (exact) mass is 286 g/mol. The van der Waals surface area contributed by atoms with Gasteiger partial charge in [0.25, 0.3) is 5.69 Å². The molecule has 0 bridgehead atoms. The van der Waals surface area contributed by atoms with Gasteiger partial charge in [-0.15, -0.1) is 11.3 Å². The van der Waals surface area contributed by atoms with Crippen LogP contribution in [0, 0.1) is 17.0 Å². The molecule has 0 radical (unpaired) electrons. The molecule has 3 rings (SSSR count). The van der Waals surface area contributed by atoms with Gasteiger partial charge in [0.15, 0.2) is 0 Å². The second-order valence-corrected chi connectivity index (χ2v) is 5.72. The number of nitrogens with zero attached hydrogens (tertiary/aromatic N) is 1. The zero-order valence-electron chi connectivity index (χ0n) is 10.5. The number of benzene rings is 1. The molecule has 6 heteroatoms. The van der Waals surface area contributed by atoms with E-state index in [1.165, 1.54) is 23.5 Å². The summed E-state index contributed by atoms with van der Waals surface area (Å²) >= 11 is 1.44. The number of nitro groups is 1. The molecule has 2 heterocycles. The van der Waals surface area contributed by atoms with Gasteiger partial charge in [-0.05, 0) is 25.1 Å². The van der Waals surface area contributed by atoms with Gasteiger partial charge in [-0.2, -0.15) is 0 Å². The van der Waals surface area contributed by atoms with E-state index in [0.717, 1.165) is 4.88 Å². The van der Waals surface area contributed by atoms with Crippen LogP contribution in [0.25, 0.3) is 10.9 Å². The standard InChI is InChI=1S/C14H10N2O3S/c1-8-2-5-13(20-8)14(17)11-7-15-12-6-9(16(18)19)3-4-10(11)12/h2-7,15H,1H3. The lowest BCUT2D eigenvalue weighted by Gasteiger charge is -1.96. The first-order valence-electron chi connectivity index (χ1n) is 5.93. The maximum absolute atomic E-state index is 12.4. The molecule has 0 spiro atoms. The lowest BCUT2D eigenvalue weighted by Crippen LogP contribution is -1.96. The van der Waals surface area contributed by atoms with E-state index >= 15 is 0 Å². The molecule has 20 heavy (non-hydrogen) atoms. The molecule has 3 aromatic rings. The third kappa shape index (κ3) is 2.00. The molecule has 100 valence electrons. The van der Waals surface area contributed by atoms with Crippen LogP contribution in [0.5, 0.6) is 0 Å². The minimum atomic E-state index is -0.454. The second kappa shape index (κ2) is 4.57. The summed E-state index contributed by atoms with van der Waals surface area (Å²) < 4.78 is 0. The molecule has 0 saturated heterocycles. The van der Waals surface area contributed by atoms with Crippen molar-refractivity contribution in [1.82, 2.24) is 4.98 Å². The molecular formula is C14H10N2O3S. The van der Waals surface area contributed by atoms with Crippen LogP contribution < -0.4 is 0 Å². The van der Waals surface area contributed by atoms with E-state index in [1.54, 1.807) is 18.3 Å². The fourth-order valence-electron chi connectivity index (χ4n) is 2.10. The average Bonchev–Trinajstić information content (AvgIpc) is 3.03. The Bertz CT molecular complexity index is 832. The second-order valence-electron chi connectivity index (χ2n) is 4.43. The van der Waals surface area contributed by atoms with Gasteiger partial charge < -0.3 is 4.98 Å². The van der Waals surface area contributed by atoms with Gasteiger partial charge in [-0.3, -0.25) is 14.9 Å². The van der Waals surface area contributed by atoms with Crippen molar-refractivity contribution in [2.45, 2.75) is 6.92 Å². The third-order valence-corrected chi connectivity index (χ3v) is 4.08. The first-order valence-corrected chi connectivity index (χ1v) is 6.74. The number of rotatable bonds is 3. The summed E-state index contributed by atoms with van der Waals surface area (Å²) in [6, 6.07) is 8.15. The Hall–Kier alpha value is -2.47. The largest absolute Gasteiger partial charge is 0.360 e. The fourth-order valence-corrected chi connectivity index (χ4v) is 2.93. The molecule has 1 aromatic carbocycles. The minimum absolute atomic E-state index is 0.00492. The van der Waals surface area contributed by atoms with Crippen molar-refractivity contribution in [3.8, 4) is 0 Å². The number of nitrogens with one attached hydrogen (secondary N) is 1. The number of aryl methyl sites for hydroxylation is 1. The first kappa shape index (κ1) is 12.6. The molecule has 0 amide bonds. The molecule has 0 aliphatic rings. The fraction of sp³-hybridized carbons (Fsp3) is 0.0714. The van der Waals surface area contributed by atoms with Gasteiger partial charge in [-0.1, -0.05) is 0 Å². The molecule has 2 aromatic heterocycles. The number of non-ortho nitro benzene ring substituents is 1. The SMILES string of the molecule is Cc1ccc(C(=O)c2c[nH]c3cc([N+](=O)[O-])ccc23)s1. The number of ketones is 1. The van der Waals surface area contributed by atoms with E-state index in [4.69, 9.17) is 0 Å². The van der Waals surface area contributed by atoms with Gasteiger partial charge in [0.2, 0.25) is 5.78 Å². The Balaban J connectivity index is 2.09. The number of hydrogen-bond acceptors (Lipinski definition) is 4. The topological polar surface area (TPSA) is 76.0 Å². The molecule has 0 aliphatic carbocycles. The summed E-state index contributed by atoms with van der Waals surface area (Å²) in [6.45, 7) is 1.94. The third-order valence-electron chi connectivity index (χ3n) is 3.08. The molecule has 1 N–H and O–H groups in total. The molecule has 5 nitrogen and oxygen atoms in total. The van der Waals surface area contributed by atoms with Crippen molar-refractivity contribution in [1.29, 1.82) is 0 Å². The van der Waals surface area contributed by atoms with Crippen LogP contribution in [0.1, 0.15) is 20.1 Å². The van der Waals surface area contributed by atoms with E-state index in [-0.39, 0.29) is 11.5 Å². The molecule has 0 atom stereocenters. The Morgan fingerprint density at radius 2 is 2.10 bits per heavy atom. The van der Waals surface area contributed by atoms with Crippen molar-refractivity contribution >= 4 is 33.7 Å². The van der Waals surface area contributed by atoms with Gasteiger partial charge in [0.05, 0.1) is 15.3 Å². The maximum Gasteiger partial charge on any atom is 0.271 e. The number of H-pyrrole nitrogens is 1. The van der Waals surface area contributed by atoms with Crippen molar-refractivity contribution in [2.24, 2.45) is 0 Å². The highest BCUT2D eigenvalue weighted by Gasteiger charge is 2.17. The van der Waals surface area contributed by atoms with E-state index in [0.29, 0.717) is 21.3 Å². The van der Waals surface area contributed by atoms with E-state index in [1.807, 2.05) is 13.0 Å². The molecule has 0 unspecified atom stereocenters. The predicted octanol–water partition coefficient (Wildman–Crippen LogP) is 3.68. The summed E-state index contributed by atoms with van der Waals surface area (Å²) in [7, 11) is 0. The minimum Gasteiger partial charge on any atom is -0.360 e. The van der Waals surface area contributed by atoms with E-state index < -0.39 is 4.92 Å². The van der Waals surface area contributed by atoms with E-state index in [9.17, 15) is 14.9 Å². The van der Waals surface area contributed by atoms with Crippen LogP contribution in [0.15, 0.2) is 36.5 Å². The van der Waals surface area contributed by atoms with Gasteiger partial charge in [0.1, 0.15) is 0 Å². The van der Waals surface area contributed by atoms with Gasteiger partial charge in [0, 0.05) is 34.2 Å². The zero-order valence-corrected chi connectivity index (χ0v) is 11.4. The Morgan fingerprint density at radius 1 is 1.30 bits per heavy atom. The predicted molar refractivity (Wildman–Crippen MR) is 77.4 cm³/mol. The molecule has 0 fully saturated rings. The van der Waals surface area contributed by atoms with Gasteiger partial charge in [-0.25, -0.2) is 0 Å². The highest BCUT2D eigenvalue weighted by molar-refractivity contribution is 7.14. The van der Waals surface area contributed by atoms with E-state index in [2.05, 4.69) is 4.98 Å². The summed E-state index contributed by atoms with van der Waals surface area (Å²) in [6.07, 6.45) is 1.60. The molecule has 0 aliphatic heterocycles. The molecular weight excluding hydrogens is 276 g/mol. The number of nitro benzene ring substituents is 1. The van der Waals surface area contributed by atoms with Crippen molar-refractivity contribution in [2.75, 3.05) is 0 Å². The summed E-state index contributed by atoms with van der Waals surface area (Å²) in [5.41, 5.74) is 1.14. The smallest absolute Gasteiger partial charge is 0.271 e. The lowest BCUT2D eigenvalue weighted by atomic mass is 10.1. The summed E-state index contributed by atoms with van der Waals surface area (Å²) in [5, 5.41) is 11.4. The lowest BCUT2D eigenvalue weighted by molar-refractivity contribution is -0.384. The first-order chi connectivity index (χ1) is 9.56. The zero-order chi connectivity index (χ0) is 14.3. The summed E-state index contributed by atoms with van der Waals surface area (Å²) in [5.74, 6) is -0.0665.